The molecule has 0 spiro atoms. The average molecular weight is 469 g/mol. The van der Waals surface area contributed by atoms with Gasteiger partial charge in [-0.15, -0.1) is 12.4 Å². The second kappa shape index (κ2) is 9.64. The zero-order valence-electron chi connectivity index (χ0n) is 16.8. The minimum Gasteiger partial charge on any atom is -0.455 e. The van der Waals surface area contributed by atoms with Crippen LogP contribution in [0.4, 0.5) is 11.4 Å². The van der Waals surface area contributed by atoms with E-state index in [-0.39, 0.29) is 22.2 Å². The van der Waals surface area contributed by atoms with Crippen LogP contribution in [-0.4, -0.2) is 8.42 Å². The first-order valence-electron chi connectivity index (χ1n) is 9.43. The zero-order valence-corrected chi connectivity index (χ0v) is 18.5. The third-order valence-corrected chi connectivity index (χ3v) is 6.35. The molecule has 0 atom stereocenters. The fourth-order valence-corrected chi connectivity index (χ4v) is 4.17. The van der Waals surface area contributed by atoms with Crippen LogP contribution in [-0.2, 0) is 9.84 Å². The molecule has 0 unspecified atom stereocenters. The van der Waals surface area contributed by atoms with Crippen LogP contribution < -0.4 is 20.9 Å². The van der Waals surface area contributed by atoms with E-state index < -0.39 is 9.84 Å². The molecule has 4 N–H and O–H groups in total. The molecule has 0 saturated heterocycles. The van der Waals surface area contributed by atoms with Crippen molar-refractivity contribution in [2.24, 2.45) is 0 Å². The Bertz CT molecular complexity index is 1210. The molecule has 8 heteroatoms. The number of nitrogens with two attached hydrogens (primary N) is 2. The molecule has 0 aliphatic rings. The number of benzene rings is 4. The topological polar surface area (TPSA) is 105 Å². The normalized spacial score (nSPS) is 10.8. The molecule has 0 radical (unpaired) electrons. The summed E-state index contributed by atoms with van der Waals surface area (Å²) in [6, 6.07) is 26.5. The average Bonchev–Trinajstić information content (AvgIpc) is 2.78. The minimum atomic E-state index is -3.70. The molecule has 0 saturated carbocycles. The van der Waals surface area contributed by atoms with Gasteiger partial charge in [0.25, 0.3) is 0 Å². The number of hydrogen-bond donors (Lipinski definition) is 2. The lowest BCUT2D eigenvalue weighted by Gasteiger charge is -2.10. The van der Waals surface area contributed by atoms with Gasteiger partial charge in [0.15, 0.2) is 0 Å². The highest BCUT2D eigenvalue weighted by atomic mass is 35.5. The summed E-state index contributed by atoms with van der Waals surface area (Å²) in [6.07, 6.45) is 0. The molecule has 4 aromatic rings. The van der Waals surface area contributed by atoms with Crippen molar-refractivity contribution in [1.82, 2.24) is 0 Å². The van der Waals surface area contributed by atoms with Crippen LogP contribution in [0.1, 0.15) is 0 Å². The van der Waals surface area contributed by atoms with Gasteiger partial charge >= 0.3 is 0 Å². The molecule has 4 aromatic carbocycles. The van der Waals surface area contributed by atoms with Gasteiger partial charge in [0.2, 0.25) is 9.84 Å². The fourth-order valence-electron chi connectivity index (χ4n) is 2.91. The number of para-hydroxylation sites is 4. The van der Waals surface area contributed by atoms with Gasteiger partial charge in [0, 0.05) is 0 Å². The van der Waals surface area contributed by atoms with E-state index in [1.165, 1.54) is 24.3 Å². The summed E-state index contributed by atoms with van der Waals surface area (Å²) in [6.45, 7) is 0. The van der Waals surface area contributed by atoms with Crippen LogP contribution in [0.25, 0.3) is 0 Å². The summed E-state index contributed by atoms with van der Waals surface area (Å²) in [5.74, 6) is 1.99. The quantitative estimate of drug-likeness (QED) is 0.352. The Balaban J connectivity index is 0.00000289. The van der Waals surface area contributed by atoms with Crippen molar-refractivity contribution in [3.63, 3.8) is 0 Å². The molecule has 6 nitrogen and oxygen atoms in total. The highest BCUT2D eigenvalue weighted by molar-refractivity contribution is 7.91. The fraction of sp³-hybridized carbons (Fsp3) is 0. The summed E-state index contributed by atoms with van der Waals surface area (Å²) in [7, 11) is -3.70. The third kappa shape index (κ3) is 4.96. The van der Waals surface area contributed by atoms with Crippen LogP contribution in [0.3, 0.4) is 0 Å². The maximum Gasteiger partial charge on any atom is 0.206 e. The predicted octanol–water partition coefficient (Wildman–Crippen LogP) is 5.69. The van der Waals surface area contributed by atoms with Gasteiger partial charge in [-0.05, 0) is 72.8 Å². The molecule has 164 valence electrons. The van der Waals surface area contributed by atoms with Crippen LogP contribution in [0.5, 0.6) is 23.0 Å². The Hall–Kier alpha value is -3.68. The van der Waals surface area contributed by atoms with Gasteiger partial charge in [0.05, 0.1) is 21.2 Å². The van der Waals surface area contributed by atoms with Crippen LogP contribution >= 0.6 is 12.4 Å². The Labute approximate surface area is 192 Å². The number of nitrogen functional groups attached to an aromatic ring is 2. The molecule has 0 fully saturated rings. The van der Waals surface area contributed by atoms with Crippen molar-refractivity contribution in [3.8, 4) is 23.0 Å². The van der Waals surface area contributed by atoms with Crippen molar-refractivity contribution >= 4 is 33.6 Å². The second-order valence-corrected chi connectivity index (χ2v) is 8.68. The van der Waals surface area contributed by atoms with Gasteiger partial charge < -0.3 is 20.9 Å². The molecular formula is C24H21ClN2O4S. The number of sulfone groups is 1. The molecule has 0 aliphatic carbocycles. The van der Waals surface area contributed by atoms with Crippen molar-refractivity contribution < 1.29 is 17.9 Å². The lowest BCUT2D eigenvalue weighted by atomic mass is 10.3. The van der Waals surface area contributed by atoms with Crippen molar-refractivity contribution in [3.05, 3.63) is 97.1 Å². The van der Waals surface area contributed by atoms with Gasteiger partial charge in [-0.3, -0.25) is 0 Å². The standard InChI is InChI=1S/C24H20N2O4S.ClH/c25-21-5-1-3-7-23(21)29-17-9-13-19(14-10-17)31(27,28)20-15-11-18(12-16-20)30-24-8-4-2-6-22(24)26;/h1-16H,25-26H2;1H. The Morgan fingerprint density at radius 3 is 1.22 bits per heavy atom. The lowest BCUT2D eigenvalue weighted by Crippen LogP contribution is -2.02. The Morgan fingerprint density at radius 2 is 0.875 bits per heavy atom. The first kappa shape index (κ1) is 23.0. The number of hydrogen-bond acceptors (Lipinski definition) is 6. The molecule has 0 bridgehead atoms. The summed E-state index contributed by atoms with van der Waals surface area (Å²) < 4.78 is 37.4. The molecule has 0 heterocycles. The molecule has 0 aliphatic heterocycles. The Kier molecular flexibility index (Phi) is 6.92. The van der Waals surface area contributed by atoms with Crippen molar-refractivity contribution in [2.45, 2.75) is 9.79 Å². The van der Waals surface area contributed by atoms with Crippen molar-refractivity contribution in [2.75, 3.05) is 11.5 Å². The van der Waals surface area contributed by atoms with Gasteiger partial charge in [-0.25, -0.2) is 8.42 Å². The minimum absolute atomic E-state index is 0. The third-order valence-electron chi connectivity index (χ3n) is 4.56. The molecular weight excluding hydrogens is 448 g/mol. The van der Waals surface area contributed by atoms with Crippen molar-refractivity contribution in [1.29, 1.82) is 0 Å². The van der Waals surface area contributed by atoms with E-state index in [1.54, 1.807) is 48.5 Å². The SMILES string of the molecule is Cl.Nc1ccccc1Oc1ccc(S(=O)(=O)c2ccc(Oc3ccccc3N)cc2)cc1. The smallest absolute Gasteiger partial charge is 0.206 e. The summed E-state index contributed by atoms with van der Waals surface area (Å²) in [5.41, 5.74) is 12.7. The molecule has 4 rings (SSSR count). The zero-order chi connectivity index (χ0) is 21.8. The maximum absolute atomic E-state index is 13.0. The largest absolute Gasteiger partial charge is 0.455 e. The van der Waals surface area contributed by atoms with E-state index in [9.17, 15) is 8.42 Å². The molecule has 0 aromatic heterocycles. The van der Waals surface area contributed by atoms with E-state index >= 15 is 0 Å². The Morgan fingerprint density at radius 1 is 0.531 bits per heavy atom. The predicted molar refractivity (Wildman–Crippen MR) is 127 cm³/mol. The number of rotatable bonds is 6. The van der Waals surface area contributed by atoms with E-state index in [0.29, 0.717) is 34.4 Å². The molecule has 32 heavy (non-hydrogen) atoms. The van der Waals surface area contributed by atoms with E-state index in [2.05, 4.69) is 0 Å². The summed E-state index contributed by atoms with van der Waals surface area (Å²) >= 11 is 0. The van der Waals surface area contributed by atoms with E-state index in [4.69, 9.17) is 20.9 Å². The number of ether oxygens (including phenoxy) is 2. The highest BCUT2D eigenvalue weighted by Gasteiger charge is 2.18. The lowest BCUT2D eigenvalue weighted by molar-refractivity contribution is 0.484. The monoisotopic (exact) mass is 468 g/mol. The highest BCUT2D eigenvalue weighted by Crippen LogP contribution is 2.31. The number of anilines is 2. The molecule has 0 amide bonds. The number of halogens is 1. The van der Waals surface area contributed by atoms with Crippen LogP contribution in [0.15, 0.2) is 107 Å². The van der Waals surface area contributed by atoms with Gasteiger partial charge in [-0.2, -0.15) is 0 Å². The van der Waals surface area contributed by atoms with E-state index in [0.717, 1.165) is 0 Å². The summed E-state index contributed by atoms with van der Waals surface area (Å²) in [4.78, 5) is 0.309. The first-order valence-corrected chi connectivity index (χ1v) is 10.9. The maximum atomic E-state index is 13.0. The summed E-state index contributed by atoms with van der Waals surface area (Å²) in [5, 5.41) is 0. The van der Waals surface area contributed by atoms with Gasteiger partial charge in [-0.1, -0.05) is 24.3 Å². The van der Waals surface area contributed by atoms with Gasteiger partial charge in [0.1, 0.15) is 23.0 Å². The first-order chi connectivity index (χ1) is 14.9. The van der Waals surface area contributed by atoms with E-state index in [1.807, 2.05) is 24.3 Å². The van der Waals surface area contributed by atoms with Crippen LogP contribution in [0, 0.1) is 0 Å². The van der Waals surface area contributed by atoms with Crippen LogP contribution in [0.2, 0.25) is 0 Å². The second-order valence-electron chi connectivity index (χ2n) is 6.73.